The van der Waals surface area contributed by atoms with Gasteiger partial charge in [-0.3, -0.25) is 4.79 Å². The van der Waals surface area contributed by atoms with Gasteiger partial charge in [-0.15, -0.1) is 0 Å². The second-order valence-corrected chi connectivity index (χ2v) is 4.48. The van der Waals surface area contributed by atoms with E-state index in [1.165, 1.54) is 0 Å². The number of hydrogen-bond donors (Lipinski definition) is 1. The molecule has 0 radical (unpaired) electrons. The predicted octanol–water partition coefficient (Wildman–Crippen LogP) is 2.47. The van der Waals surface area contributed by atoms with Crippen molar-refractivity contribution in [2.45, 2.75) is 33.1 Å². The van der Waals surface area contributed by atoms with Gasteiger partial charge in [0.05, 0.1) is 14.2 Å². The lowest BCUT2D eigenvalue weighted by Crippen LogP contribution is -2.25. The number of rotatable bonds is 7. The first-order chi connectivity index (χ1) is 9.12. The molecule has 1 N–H and O–H groups in total. The van der Waals surface area contributed by atoms with Crippen LogP contribution in [0.1, 0.15) is 30.9 Å². The zero-order chi connectivity index (χ0) is 14.3. The SMILES string of the molecule is CCCC(=O)NCCc1cc(OC)c(OC)cc1C. The van der Waals surface area contributed by atoms with E-state index in [1.54, 1.807) is 14.2 Å². The maximum absolute atomic E-state index is 11.4. The van der Waals surface area contributed by atoms with Crippen LogP contribution in [0.15, 0.2) is 12.1 Å². The van der Waals surface area contributed by atoms with Crippen molar-refractivity contribution in [1.82, 2.24) is 5.32 Å². The Kier molecular flexibility index (Phi) is 6.19. The van der Waals surface area contributed by atoms with E-state index >= 15 is 0 Å². The third kappa shape index (κ3) is 4.47. The Morgan fingerprint density at radius 3 is 2.42 bits per heavy atom. The first-order valence-corrected chi connectivity index (χ1v) is 6.60. The summed E-state index contributed by atoms with van der Waals surface area (Å²) in [4.78, 5) is 11.4. The average Bonchev–Trinajstić information content (AvgIpc) is 2.40. The highest BCUT2D eigenvalue weighted by atomic mass is 16.5. The number of carbonyl (C=O) groups excluding carboxylic acids is 1. The molecule has 4 nitrogen and oxygen atoms in total. The number of carbonyl (C=O) groups is 1. The van der Waals surface area contributed by atoms with Crippen molar-refractivity contribution >= 4 is 5.91 Å². The maximum atomic E-state index is 11.4. The van der Waals surface area contributed by atoms with E-state index in [0.29, 0.717) is 13.0 Å². The third-order valence-corrected chi connectivity index (χ3v) is 3.04. The van der Waals surface area contributed by atoms with Crippen molar-refractivity contribution < 1.29 is 14.3 Å². The highest BCUT2D eigenvalue weighted by Gasteiger charge is 2.08. The van der Waals surface area contributed by atoms with Gasteiger partial charge in [0.15, 0.2) is 11.5 Å². The molecule has 0 bridgehead atoms. The van der Waals surface area contributed by atoms with E-state index in [-0.39, 0.29) is 5.91 Å². The quantitative estimate of drug-likeness (QED) is 0.824. The van der Waals surface area contributed by atoms with E-state index in [0.717, 1.165) is 35.5 Å². The van der Waals surface area contributed by atoms with E-state index < -0.39 is 0 Å². The molecule has 0 heterocycles. The van der Waals surface area contributed by atoms with Crippen LogP contribution in [-0.4, -0.2) is 26.7 Å². The summed E-state index contributed by atoms with van der Waals surface area (Å²) in [6.07, 6.45) is 2.26. The fourth-order valence-corrected chi connectivity index (χ4v) is 1.94. The molecule has 1 aromatic carbocycles. The van der Waals surface area contributed by atoms with E-state index in [4.69, 9.17) is 9.47 Å². The summed E-state index contributed by atoms with van der Waals surface area (Å²) in [5, 5.41) is 2.91. The summed E-state index contributed by atoms with van der Waals surface area (Å²) in [6, 6.07) is 3.93. The second-order valence-electron chi connectivity index (χ2n) is 4.48. The fourth-order valence-electron chi connectivity index (χ4n) is 1.94. The largest absolute Gasteiger partial charge is 0.493 e. The Morgan fingerprint density at radius 2 is 1.84 bits per heavy atom. The van der Waals surface area contributed by atoms with Gasteiger partial charge in [-0.1, -0.05) is 6.92 Å². The van der Waals surface area contributed by atoms with Gasteiger partial charge in [0, 0.05) is 13.0 Å². The molecule has 0 aliphatic rings. The van der Waals surface area contributed by atoms with E-state index in [2.05, 4.69) is 5.32 Å². The lowest BCUT2D eigenvalue weighted by atomic mass is 10.0. The topological polar surface area (TPSA) is 47.6 Å². The van der Waals surface area contributed by atoms with Crippen LogP contribution in [0.25, 0.3) is 0 Å². The number of aryl methyl sites for hydroxylation is 1. The van der Waals surface area contributed by atoms with E-state index in [9.17, 15) is 4.79 Å². The normalized spacial score (nSPS) is 10.1. The van der Waals surface area contributed by atoms with Crippen LogP contribution < -0.4 is 14.8 Å². The van der Waals surface area contributed by atoms with E-state index in [1.807, 2.05) is 26.0 Å². The molecule has 0 aromatic heterocycles. The van der Waals surface area contributed by atoms with Crippen LogP contribution >= 0.6 is 0 Å². The average molecular weight is 265 g/mol. The zero-order valence-electron chi connectivity index (χ0n) is 12.2. The Hall–Kier alpha value is -1.71. The fraction of sp³-hybridized carbons (Fsp3) is 0.533. The maximum Gasteiger partial charge on any atom is 0.219 e. The van der Waals surface area contributed by atoms with Gasteiger partial charge in [-0.05, 0) is 43.0 Å². The minimum atomic E-state index is 0.112. The Morgan fingerprint density at radius 1 is 1.21 bits per heavy atom. The van der Waals surface area contributed by atoms with Gasteiger partial charge in [-0.2, -0.15) is 0 Å². The van der Waals surface area contributed by atoms with Crippen LogP contribution in [0.2, 0.25) is 0 Å². The first kappa shape index (κ1) is 15.3. The Balaban J connectivity index is 2.65. The molecule has 0 aliphatic carbocycles. The van der Waals surface area contributed by atoms with Crippen LogP contribution in [0.5, 0.6) is 11.5 Å². The van der Waals surface area contributed by atoms with Gasteiger partial charge in [0.25, 0.3) is 0 Å². The number of amides is 1. The Bertz CT molecular complexity index is 430. The molecule has 1 amide bonds. The molecule has 106 valence electrons. The van der Waals surface area contributed by atoms with Crippen LogP contribution in [0, 0.1) is 6.92 Å². The van der Waals surface area contributed by atoms with Crippen molar-refractivity contribution in [3.8, 4) is 11.5 Å². The first-order valence-electron chi connectivity index (χ1n) is 6.60. The molecule has 4 heteroatoms. The van der Waals surface area contributed by atoms with Crippen LogP contribution in [0.3, 0.4) is 0 Å². The highest BCUT2D eigenvalue weighted by Crippen LogP contribution is 2.30. The van der Waals surface area contributed by atoms with Crippen molar-refractivity contribution in [3.63, 3.8) is 0 Å². The van der Waals surface area contributed by atoms with Crippen molar-refractivity contribution in [2.75, 3.05) is 20.8 Å². The second kappa shape index (κ2) is 7.67. The summed E-state index contributed by atoms with van der Waals surface area (Å²) in [6.45, 7) is 4.68. The van der Waals surface area contributed by atoms with Crippen molar-refractivity contribution in [3.05, 3.63) is 23.3 Å². The number of nitrogens with one attached hydrogen (secondary N) is 1. The molecule has 0 saturated heterocycles. The number of methoxy groups -OCH3 is 2. The summed E-state index contributed by atoms with van der Waals surface area (Å²) in [5.74, 6) is 1.57. The molecule has 1 aromatic rings. The minimum Gasteiger partial charge on any atom is -0.493 e. The van der Waals surface area contributed by atoms with Crippen molar-refractivity contribution in [2.24, 2.45) is 0 Å². The van der Waals surface area contributed by atoms with Crippen molar-refractivity contribution in [1.29, 1.82) is 0 Å². The molecule has 0 spiro atoms. The van der Waals surface area contributed by atoms with Gasteiger partial charge in [0.2, 0.25) is 5.91 Å². The smallest absolute Gasteiger partial charge is 0.219 e. The molecule has 0 saturated carbocycles. The molecular weight excluding hydrogens is 242 g/mol. The molecular formula is C15H23NO3. The van der Waals surface area contributed by atoms with Crippen LogP contribution in [0.4, 0.5) is 0 Å². The standard InChI is InChI=1S/C15H23NO3/c1-5-6-15(17)16-8-7-12-10-14(19-4)13(18-3)9-11(12)2/h9-10H,5-8H2,1-4H3,(H,16,17). The molecule has 1 rings (SSSR count). The molecule has 19 heavy (non-hydrogen) atoms. The number of ether oxygens (including phenoxy) is 2. The van der Waals surface area contributed by atoms with Gasteiger partial charge >= 0.3 is 0 Å². The van der Waals surface area contributed by atoms with Gasteiger partial charge in [-0.25, -0.2) is 0 Å². The summed E-state index contributed by atoms with van der Waals surface area (Å²) in [7, 11) is 3.25. The summed E-state index contributed by atoms with van der Waals surface area (Å²) < 4.78 is 10.5. The molecule has 0 aliphatic heterocycles. The molecule has 0 fully saturated rings. The minimum absolute atomic E-state index is 0.112. The zero-order valence-corrected chi connectivity index (χ0v) is 12.2. The summed E-state index contributed by atoms with van der Waals surface area (Å²) in [5.41, 5.74) is 2.30. The van der Waals surface area contributed by atoms with Gasteiger partial charge < -0.3 is 14.8 Å². The monoisotopic (exact) mass is 265 g/mol. The third-order valence-electron chi connectivity index (χ3n) is 3.04. The lowest BCUT2D eigenvalue weighted by Gasteiger charge is -2.13. The Labute approximate surface area is 115 Å². The number of hydrogen-bond acceptors (Lipinski definition) is 3. The van der Waals surface area contributed by atoms with Crippen LogP contribution in [-0.2, 0) is 11.2 Å². The summed E-state index contributed by atoms with van der Waals surface area (Å²) >= 11 is 0. The number of benzene rings is 1. The van der Waals surface area contributed by atoms with Gasteiger partial charge in [0.1, 0.15) is 0 Å². The predicted molar refractivity (Wildman–Crippen MR) is 75.9 cm³/mol. The highest BCUT2D eigenvalue weighted by molar-refractivity contribution is 5.75. The molecule has 0 atom stereocenters. The molecule has 0 unspecified atom stereocenters. The lowest BCUT2D eigenvalue weighted by molar-refractivity contribution is -0.121.